The number of piperazine rings is 1. The third kappa shape index (κ3) is 3.29. The number of anilines is 1. The maximum absolute atomic E-state index is 13.3. The third-order valence-corrected chi connectivity index (χ3v) is 5.92. The molecule has 0 saturated carbocycles. The average Bonchev–Trinajstić information content (AvgIpc) is 3.26. The summed E-state index contributed by atoms with van der Waals surface area (Å²) in [6.07, 6.45) is 0. The van der Waals surface area contributed by atoms with Crippen LogP contribution in [0.15, 0.2) is 16.0 Å². The highest BCUT2D eigenvalue weighted by atomic mass is 32.1. The van der Waals surface area contributed by atoms with Crippen molar-refractivity contribution in [3.8, 4) is 0 Å². The van der Waals surface area contributed by atoms with Gasteiger partial charge in [0.05, 0.1) is 22.3 Å². The first-order valence-electron chi connectivity index (χ1n) is 9.17. The second kappa shape index (κ2) is 6.92. The van der Waals surface area contributed by atoms with E-state index in [9.17, 15) is 4.79 Å². The van der Waals surface area contributed by atoms with Crippen LogP contribution in [0.4, 0.5) is 5.13 Å². The van der Waals surface area contributed by atoms with Crippen LogP contribution in [-0.4, -0.2) is 52.1 Å². The van der Waals surface area contributed by atoms with Crippen molar-refractivity contribution in [1.29, 1.82) is 0 Å². The predicted molar refractivity (Wildman–Crippen MR) is 106 cm³/mol. The molecule has 7 nitrogen and oxygen atoms in total. The van der Waals surface area contributed by atoms with Gasteiger partial charge in [-0.3, -0.25) is 4.79 Å². The number of hydrogen-bond acceptors (Lipinski definition) is 7. The first-order valence-corrected chi connectivity index (χ1v) is 10.0. The molecule has 0 unspecified atom stereocenters. The number of pyridine rings is 1. The van der Waals surface area contributed by atoms with Crippen molar-refractivity contribution in [2.24, 2.45) is 0 Å². The molecule has 1 aliphatic heterocycles. The second-order valence-electron chi connectivity index (χ2n) is 7.25. The Morgan fingerprint density at radius 3 is 2.56 bits per heavy atom. The maximum Gasteiger partial charge on any atom is 0.259 e. The Morgan fingerprint density at radius 1 is 1.19 bits per heavy atom. The predicted octanol–water partition coefficient (Wildman–Crippen LogP) is 3.38. The molecule has 4 heterocycles. The lowest BCUT2D eigenvalue weighted by Crippen LogP contribution is -2.48. The van der Waals surface area contributed by atoms with Gasteiger partial charge in [0.2, 0.25) is 0 Å². The lowest BCUT2D eigenvalue weighted by Gasteiger charge is -2.34. The molecule has 8 heteroatoms. The monoisotopic (exact) mass is 385 g/mol. The van der Waals surface area contributed by atoms with Crippen molar-refractivity contribution < 1.29 is 9.32 Å². The molecule has 1 amide bonds. The summed E-state index contributed by atoms with van der Waals surface area (Å²) in [5, 5.41) is 7.83. The zero-order chi connectivity index (χ0) is 19.1. The molecule has 0 spiro atoms. The summed E-state index contributed by atoms with van der Waals surface area (Å²) in [5.74, 6) is 0.224. The van der Waals surface area contributed by atoms with E-state index >= 15 is 0 Å². The summed E-state index contributed by atoms with van der Waals surface area (Å²) < 4.78 is 5.35. The van der Waals surface area contributed by atoms with Gasteiger partial charge < -0.3 is 14.3 Å². The maximum atomic E-state index is 13.3. The van der Waals surface area contributed by atoms with Crippen LogP contribution in [-0.2, 0) is 0 Å². The van der Waals surface area contributed by atoms with E-state index in [1.165, 1.54) is 0 Å². The van der Waals surface area contributed by atoms with Crippen LogP contribution in [0, 0.1) is 13.8 Å². The molecule has 1 aliphatic rings. The molecule has 0 atom stereocenters. The number of aromatic nitrogens is 3. The highest BCUT2D eigenvalue weighted by molar-refractivity contribution is 7.13. The molecule has 27 heavy (non-hydrogen) atoms. The van der Waals surface area contributed by atoms with Gasteiger partial charge in [-0.05, 0) is 25.8 Å². The van der Waals surface area contributed by atoms with Crippen molar-refractivity contribution in [1.82, 2.24) is 20.0 Å². The second-order valence-corrected chi connectivity index (χ2v) is 8.08. The summed E-state index contributed by atoms with van der Waals surface area (Å²) in [7, 11) is 0. The number of carbonyl (C=O) groups excluding carboxylic acids is 1. The van der Waals surface area contributed by atoms with E-state index in [-0.39, 0.29) is 11.8 Å². The molecule has 0 aliphatic carbocycles. The summed E-state index contributed by atoms with van der Waals surface area (Å²) in [6, 6.07) is 1.90. The van der Waals surface area contributed by atoms with Crippen LogP contribution < -0.4 is 4.90 Å². The highest BCUT2D eigenvalue weighted by Crippen LogP contribution is 2.27. The van der Waals surface area contributed by atoms with Crippen LogP contribution in [0.5, 0.6) is 0 Å². The Kier molecular flexibility index (Phi) is 4.59. The van der Waals surface area contributed by atoms with Crippen molar-refractivity contribution in [2.45, 2.75) is 33.6 Å². The van der Waals surface area contributed by atoms with E-state index in [0.29, 0.717) is 30.1 Å². The first kappa shape index (κ1) is 17.9. The normalized spacial score (nSPS) is 15.1. The van der Waals surface area contributed by atoms with E-state index in [1.54, 1.807) is 11.3 Å². The van der Waals surface area contributed by atoms with E-state index in [0.717, 1.165) is 35.0 Å². The molecule has 4 rings (SSSR count). The summed E-state index contributed by atoms with van der Waals surface area (Å²) >= 11 is 1.65. The summed E-state index contributed by atoms with van der Waals surface area (Å²) in [4.78, 5) is 26.5. The Bertz CT molecular complexity index is 985. The van der Waals surface area contributed by atoms with Gasteiger partial charge in [0.25, 0.3) is 11.6 Å². The minimum atomic E-state index is 0.0190. The van der Waals surface area contributed by atoms with Gasteiger partial charge >= 0.3 is 0 Å². The molecule has 1 fully saturated rings. The molecule has 142 valence electrons. The van der Waals surface area contributed by atoms with Crippen molar-refractivity contribution in [2.75, 3.05) is 31.1 Å². The number of carbonyl (C=O) groups is 1. The number of rotatable bonds is 3. The Morgan fingerprint density at radius 2 is 1.93 bits per heavy atom. The SMILES string of the molecule is Cc1csc(N2CCN(C(=O)c3cc(C(C)C)nc4onc(C)c34)CC2)n1. The topological polar surface area (TPSA) is 75.4 Å². The zero-order valence-electron chi connectivity index (χ0n) is 16.0. The Balaban J connectivity index is 1.59. The van der Waals surface area contributed by atoms with Crippen molar-refractivity contribution >= 4 is 33.5 Å². The molecule has 0 aromatic carbocycles. The summed E-state index contributed by atoms with van der Waals surface area (Å²) in [5.41, 5.74) is 3.67. The quantitative estimate of drug-likeness (QED) is 0.688. The van der Waals surface area contributed by atoms with Gasteiger partial charge in [-0.15, -0.1) is 11.3 Å². The van der Waals surface area contributed by atoms with E-state index < -0.39 is 0 Å². The van der Waals surface area contributed by atoms with Gasteiger partial charge in [0.1, 0.15) is 0 Å². The molecular weight excluding hydrogens is 362 g/mol. The Hall–Kier alpha value is -2.48. The smallest absolute Gasteiger partial charge is 0.259 e. The number of fused-ring (bicyclic) bond motifs is 1. The van der Waals surface area contributed by atoms with E-state index in [4.69, 9.17) is 4.52 Å². The minimum absolute atomic E-state index is 0.0190. The van der Waals surface area contributed by atoms with Crippen LogP contribution in [0.2, 0.25) is 0 Å². The lowest BCUT2D eigenvalue weighted by atomic mass is 10.0. The van der Waals surface area contributed by atoms with Crippen LogP contribution in [0.1, 0.15) is 47.2 Å². The molecule has 3 aromatic rings. The third-order valence-electron chi connectivity index (χ3n) is 4.90. The van der Waals surface area contributed by atoms with Gasteiger partial charge in [0.15, 0.2) is 5.13 Å². The zero-order valence-corrected chi connectivity index (χ0v) is 16.8. The molecular formula is C19H23N5O2S. The van der Waals surface area contributed by atoms with Gasteiger partial charge in [-0.1, -0.05) is 19.0 Å². The largest absolute Gasteiger partial charge is 0.345 e. The summed E-state index contributed by atoms with van der Waals surface area (Å²) in [6.45, 7) is 10.9. The molecule has 0 bridgehead atoms. The van der Waals surface area contributed by atoms with Gasteiger partial charge in [0, 0.05) is 37.3 Å². The standard InChI is InChI=1S/C19H23N5O2S/c1-11(2)15-9-14(16-13(4)22-26-17(16)21-15)18(25)23-5-7-24(8-6-23)19-20-12(3)10-27-19/h9-11H,5-8H2,1-4H3. The van der Waals surface area contributed by atoms with E-state index in [1.807, 2.05) is 24.8 Å². The number of aryl methyl sites for hydroxylation is 2. The molecule has 0 N–H and O–H groups in total. The molecule has 1 saturated heterocycles. The molecule has 3 aromatic heterocycles. The minimum Gasteiger partial charge on any atom is -0.345 e. The van der Waals surface area contributed by atoms with Crippen LogP contribution in [0.25, 0.3) is 11.1 Å². The highest BCUT2D eigenvalue weighted by Gasteiger charge is 2.27. The number of nitrogens with zero attached hydrogens (tertiary/aromatic N) is 5. The van der Waals surface area contributed by atoms with Crippen molar-refractivity contribution in [3.05, 3.63) is 34.1 Å². The fourth-order valence-corrected chi connectivity index (χ4v) is 4.19. The fraction of sp³-hybridized carbons (Fsp3) is 0.474. The lowest BCUT2D eigenvalue weighted by molar-refractivity contribution is 0.0748. The number of amides is 1. The van der Waals surface area contributed by atoms with Crippen molar-refractivity contribution in [3.63, 3.8) is 0 Å². The van der Waals surface area contributed by atoms with E-state index in [2.05, 4.69) is 39.3 Å². The average molecular weight is 385 g/mol. The van der Waals surface area contributed by atoms with Gasteiger partial charge in [-0.2, -0.15) is 0 Å². The number of thiazole rings is 1. The molecule has 0 radical (unpaired) electrons. The van der Waals surface area contributed by atoms with Gasteiger partial charge in [-0.25, -0.2) is 9.97 Å². The van der Waals surface area contributed by atoms with Crippen LogP contribution in [0.3, 0.4) is 0 Å². The Labute approximate surface area is 162 Å². The fourth-order valence-electron chi connectivity index (χ4n) is 3.34. The van der Waals surface area contributed by atoms with Crippen LogP contribution >= 0.6 is 11.3 Å². The number of hydrogen-bond donors (Lipinski definition) is 0. The first-order chi connectivity index (χ1) is 12.9.